The topological polar surface area (TPSA) is 35.6 Å². The van der Waals surface area contributed by atoms with Crippen molar-refractivity contribution in [3.05, 3.63) is 34.7 Å². The molecule has 0 bridgehead atoms. The quantitative estimate of drug-likeness (QED) is 0.868. The molecular formula is C20H28ClN3OS. The maximum atomic E-state index is 13.0. The molecule has 6 heteroatoms. The highest BCUT2D eigenvalue weighted by molar-refractivity contribution is 7.21. The smallest absolute Gasteiger partial charge is 0.264 e. The number of hydrogen-bond donors (Lipinski definition) is 1. The Bertz CT molecular complexity index is 749. The fourth-order valence-corrected chi connectivity index (χ4v) is 5.26. The predicted octanol–water partition coefficient (Wildman–Crippen LogP) is 3.39. The van der Waals surface area contributed by atoms with Crippen LogP contribution in [0.2, 0.25) is 0 Å². The summed E-state index contributed by atoms with van der Waals surface area (Å²) in [6.07, 6.45) is 2.58. The molecule has 0 unspecified atom stereocenters. The van der Waals surface area contributed by atoms with E-state index in [1.165, 1.54) is 29.5 Å². The summed E-state index contributed by atoms with van der Waals surface area (Å²) in [7, 11) is 0. The first-order valence-corrected chi connectivity index (χ1v) is 10.2. The number of aryl methyl sites for hydroxylation is 1. The molecule has 4 nitrogen and oxygen atoms in total. The van der Waals surface area contributed by atoms with E-state index in [0.717, 1.165) is 55.6 Å². The molecule has 2 aliphatic heterocycles. The number of fused-ring (bicyclic) bond motifs is 1. The molecule has 1 N–H and O–H groups in total. The Labute approximate surface area is 166 Å². The average molecular weight is 394 g/mol. The molecule has 1 amide bonds. The lowest BCUT2D eigenvalue weighted by molar-refractivity contribution is 0.0612. The van der Waals surface area contributed by atoms with Crippen molar-refractivity contribution < 1.29 is 4.79 Å². The number of nitrogens with zero attached hydrogens (tertiary/aromatic N) is 2. The van der Waals surface area contributed by atoms with Crippen LogP contribution in [0.15, 0.2) is 24.3 Å². The highest BCUT2D eigenvalue weighted by Gasteiger charge is 2.26. The number of rotatable bonds is 3. The Morgan fingerprint density at radius 1 is 1.15 bits per heavy atom. The number of piperidine rings is 1. The van der Waals surface area contributed by atoms with Gasteiger partial charge < -0.3 is 10.2 Å². The molecule has 1 aromatic heterocycles. The van der Waals surface area contributed by atoms with Gasteiger partial charge in [0.1, 0.15) is 0 Å². The number of amides is 1. The SMILES string of the molecule is Cc1c(C(=O)N2CCN(CC3CCNCC3)CC2)sc2ccccc12.Cl. The largest absolute Gasteiger partial charge is 0.335 e. The van der Waals surface area contributed by atoms with Crippen molar-refractivity contribution in [2.45, 2.75) is 19.8 Å². The van der Waals surface area contributed by atoms with Gasteiger partial charge in [0.25, 0.3) is 5.91 Å². The Hall–Kier alpha value is -1.14. The summed E-state index contributed by atoms with van der Waals surface area (Å²) in [5.41, 5.74) is 1.14. The van der Waals surface area contributed by atoms with Gasteiger partial charge in [-0.25, -0.2) is 0 Å². The van der Waals surface area contributed by atoms with Crippen LogP contribution in [0, 0.1) is 12.8 Å². The number of nitrogens with one attached hydrogen (secondary N) is 1. The molecule has 2 aromatic rings. The first kappa shape index (κ1) is 19.6. The van der Waals surface area contributed by atoms with Crippen LogP contribution >= 0.6 is 23.7 Å². The van der Waals surface area contributed by atoms with Crippen molar-refractivity contribution in [3.63, 3.8) is 0 Å². The third-order valence-electron chi connectivity index (χ3n) is 5.67. The van der Waals surface area contributed by atoms with Gasteiger partial charge in [-0.3, -0.25) is 9.69 Å². The number of hydrogen-bond acceptors (Lipinski definition) is 4. The van der Waals surface area contributed by atoms with Gasteiger partial charge >= 0.3 is 0 Å². The maximum absolute atomic E-state index is 13.0. The summed E-state index contributed by atoms with van der Waals surface area (Å²) in [4.78, 5) is 18.5. The number of carbonyl (C=O) groups is 1. The number of halogens is 1. The molecule has 2 saturated heterocycles. The zero-order chi connectivity index (χ0) is 17.2. The van der Waals surface area contributed by atoms with E-state index in [1.54, 1.807) is 11.3 Å². The van der Waals surface area contributed by atoms with Gasteiger partial charge in [0.05, 0.1) is 4.88 Å². The second-order valence-electron chi connectivity index (χ2n) is 7.34. The van der Waals surface area contributed by atoms with Gasteiger partial charge in [0.15, 0.2) is 0 Å². The molecule has 0 aliphatic carbocycles. The van der Waals surface area contributed by atoms with Crippen molar-refractivity contribution in [1.29, 1.82) is 0 Å². The molecule has 4 rings (SSSR count). The molecule has 3 heterocycles. The first-order chi connectivity index (χ1) is 12.2. The van der Waals surface area contributed by atoms with E-state index >= 15 is 0 Å². The monoisotopic (exact) mass is 393 g/mol. The van der Waals surface area contributed by atoms with Gasteiger partial charge in [-0.05, 0) is 55.8 Å². The van der Waals surface area contributed by atoms with Crippen LogP contribution in [0.3, 0.4) is 0 Å². The minimum Gasteiger partial charge on any atom is -0.335 e. The highest BCUT2D eigenvalue weighted by Crippen LogP contribution is 2.31. The molecule has 142 valence electrons. The molecule has 2 aliphatic rings. The molecule has 1 aromatic carbocycles. The van der Waals surface area contributed by atoms with E-state index in [2.05, 4.69) is 40.2 Å². The molecule has 0 atom stereocenters. The van der Waals surface area contributed by atoms with Crippen molar-refractivity contribution in [1.82, 2.24) is 15.1 Å². The first-order valence-electron chi connectivity index (χ1n) is 9.43. The number of carbonyl (C=O) groups excluding carboxylic acids is 1. The van der Waals surface area contributed by atoms with Gasteiger partial charge in [0.2, 0.25) is 0 Å². The standard InChI is InChI=1S/C20H27N3OS.ClH/c1-15-17-4-2-3-5-18(17)25-19(15)20(24)23-12-10-22(11-13-23)14-16-6-8-21-9-7-16;/h2-5,16,21H,6-14H2,1H3;1H. The van der Waals surface area contributed by atoms with E-state index in [4.69, 9.17) is 0 Å². The number of benzene rings is 1. The second-order valence-corrected chi connectivity index (χ2v) is 8.39. The van der Waals surface area contributed by atoms with Crippen LogP contribution in [0.1, 0.15) is 28.1 Å². The molecular weight excluding hydrogens is 366 g/mol. The van der Waals surface area contributed by atoms with Crippen LogP contribution in [-0.4, -0.2) is 61.5 Å². The fourth-order valence-electron chi connectivity index (χ4n) is 4.08. The Morgan fingerprint density at radius 3 is 2.54 bits per heavy atom. The summed E-state index contributed by atoms with van der Waals surface area (Å²) in [5, 5.41) is 4.66. The van der Waals surface area contributed by atoms with Gasteiger partial charge in [0, 0.05) is 37.4 Å². The summed E-state index contributed by atoms with van der Waals surface area (Å²) < 4.78 is 1.22. The van der Waals surface area contributed by atoms with Gasteiger partial charge in [-0.15, -0.1) is 23.7 Å². The van der Waals surface area contributed by atoms with Crippen LogP contribution in [0.25, 0.3) is 10.1 Å². The Morgan fingerprint density at radius 2 is 1.85 bits per heavy atom. The van der Waals surface area contributed by atoms with E-state index in [0.29, 0.717) is 0 Å². The summed E-state index contributed by atoms with van der Waals surface area (Å²) in [6.45, 7) is 9.35. The Balaban J connectivity index is 0.00000196. The zero-order valence-electron chi connectivity index (χ0n) is 15.4. The molecule has 0 spiro atoms. The highest BCUT2D eigenvalue weighted by atomic mass is 35.5. The number of piperazine rings is 1. The van der Waals surface area contributed by atoms with Crippen LogP contribution in [-0.2, 0) is 0 Å². The number of thiophene rings is 1. The van der Waals surface area contributed by atoms with Gasteiger partial charge in [-0.2, -0.15) is 0 Å². The van der Waals surface area contributed by atoms with Crippen molar-refractivity contribution in [3.8, 4) is 0 Å². The summed E-state index contributed by atoms with van der Waals surface area (Å²) >= 11 is 1.64. The zero-order valence-corrected chi connectivity index (χ0v) is 17.0. The predicted molar refractivity (Wildman–Crippen MR) is 112 cm³/mol. The van der Waals surface area contributed by atoms with Crippen molar-refractivity contribution in [2.75, 3.05) is 45.8 Å². The van der Waals surface area contributed by atoms with Crippen molar-refractivity contribution >= 4 is 39.7 Å². The lowest BCUT2D eigenvalue weighted by Gasteiger charge is -2.37. The van der Waals surface area contributed by atoms with Crippen molar-refractivity contribution in [2.24, 2.45) is 5.92 Å². The minimum atomic E-state index is 0. The van der Waals surface area contributed by atoms with E-state index in [1.807, 2.05) is 6.07 Å². The third-order valence-corrected chi connectivity index (χ3v) is 6.93. The van der Waals surface area contributed by atoms with E-state index < -0.39 is 0 Å². The molecule has 0 radical (unpaired) electrons. The minimum absolute atomic E-state index is 0. The third kappa shape index (κ3) is 4.06. The normalized spacial score (nSPS) is 19.5. The maximum Gasteiger partial charge on any atom is 0.264 e. The van der Waals surface area contributed by atoms with Crippen LogP contribution in [0.5, 0.6) is 0 Å². The molecule has 26 heavy (non-hydrogen) atoms. The lowest BCUT2D eigenvalue weighted by atomic mass is 9.97. The van der Waals surface area contributed by atoms with Crippen LogP contribution < -0.4 is 5.32 Å². The summed E-state index contributed by atoms with van der Waals surface area (Å²) in [5.74, 6) is 1.05. The second kappa shape index (κ2) is 8.70. The fraction of sp³-hybridized carbons (Fsp3) is 0.550. The van der Waals surface area contributed by atoms with E-state index in [-0.39, 0.29) is 18.3 Å². The molecule has 2 fully saturated rings. The molecule has 0 saturated carbocycles. The lowest BCUT2D eigenvalue weighted by Crippen LogP contribution is -2.50. The van der Waals surface area contributed by atoms with E-state index in [9.17, 15) is 4.79 Å². The summed E-state index contributed by atoms with van der Waals surface area (Å²) in [6, 6.07) is 8.33. The Kier molecular flexibility index (Phi) is 6.56. The van der Waals surface area contributed by atoms with Crippen LogP contribution in [0.4, 0.5) is 0 Å². The average Bonchev–Trinajstić information content (AvgIpc) is 3.00. The van der Waals surface area contributed by atoms with Gasteiger partial charge in [-0.1, -0.05) is 18.2 Å².